The Bertz CT molecular complexity index is 1270. The van der Waals surface area contributed by atoms with Crippen LogP contribution in [0.15, 0.2) is 52.1 Å². The Kier molecular flexibility index (Phi) is 5.06. The van der Waals surface area contributed by atoms with Gasteiger partial charge in [0.1, 0.15) is 0 Å². The van der Waals surface area contributed by atoms with Crippen LogP contribution in [0.5, 0.6) is 0 Å². The van der Waals surface area contributed by atoms with E-state index in [0.29, 0.717) is 12.1 Å². The molecule has 28 heavy (non-hydrogen) atoms. The molecule has 0 aliphatic carbocycles. The second-order valence-corrected chi connectivity index (χ2v) is 8.02. The predicted molar refractivity (Wildman–Crippen MR) is 104 cm³/mol. The van der Waals surface area contributed by atoms with E-state index in [1.165, 1.54) is 18.2 Å². The second-order valence-electron chi connectivity index (χ2n) is 6.27. The number of fused-ring (bicyclic) bond motifs is 1. The molecular weight excluding hydrogens is 386 g/mol. The molecule has 0 amide bonds. The number of aromatic nitrogens is 2. The summed E-state index contributed by atoms with van der Waals surface area (Å²) in [5, 5.41) is 9.20. The molecule has 146 valence electrons. The van der Waals surface area contributed by atoms with Gasteiger partial charge >= 0.3 is 11.7 Å². The lowest BCUT2D eigenvalue weighted by Gasteiger charge is -2.08. The quantitative estimate of drug-likeness (QED) is 0.561. The number of aryl methyl sites for hydroxylation is 1. The van der Waals surface area contributed by atoms with E-state index in [1.54, 1.807) is 24.3 Å². The third-order valence-corrected chi connectivity index (χ3v) is 4.72. The third kappa shape index (κ3) is 4.29. The van der Waals surface area contributed by atoms with Gasteiger partial charge in [-0.2, -0.15) is 0 Å². The molecule has 1 aromatic heterocycles. The second kappa shape index (κ2) is 7.31. The minimum atomic E-state index is -3.37. The van der Waals surface area contributed by atoms with Crippen molar-refractivity contribution in [2.75, 3.05) is 11.0 Å². The van der Waals surface area contributed by atoms with Crippen molar-refractivity contribution in [3.63, 3.8) is 0 Å². The Labute approximate surface area is 159 Å². The Balaban J connectivity index is 1.87. The zero-order valence-corrected chi connectivity index (χ0v) is 15.6. The number of aromatic carboxylic acids is 1. The van der Waals surface area contributed by atoms with E-state index in [9.17, 15) is 22.8 Å². The Morgan fingerprint density at radius 3 is 2.43 bits per heavy atom. The molecule has 0 aliphatic rings. The summed E-state index contributed by atoms with van der Waals surface area (Å²) < 4.78 is 25.8. The maximum Gasteiger partial charge on any atom is 0.335 e. The van der Waals surface area contributed by atoms with Crippen molar-refractivity contribution in [2.45, 2.75) is 13.0 Å². The molecule has 0 unspecified atom stereocenters. The Morgan fingerprint density at radius 2 is 1.82 bits per heavy atom. The van der Waals surface area contributed by atoms with Crippen LogP contribution in [-0.4, -0.2) is 35.3 Å². The lowest BCUT2D eigenvalue weighted by molar-refractivity contribution is 0.0697. The Hall–Kier alpha value is -3.40. The van der Waals surface area contributed by atoms with Crippen LogP contribution in [0, 0.1) is 0 Å². The molecule has 9 nitrogen and oxygen atoms in total. The van der Waals surface area contributed by atoms with Crippen molar-refractivity contribution in [3.05, 3.63) is 74.4 Å². The van der Waals surface area contributed by atoms with Gasteiger partial charge in [-0.3, -0.25) is 14.1 Å². The van der Waals surface area contributed by atoms with Crippen LogP contribution in [0.25, 0.3) is 10.9 Å². The molecule has 0 saturated carbocycles. The first-order valence-corrected chi connectivity index (χ1v) is 10.1. The normalized spacial score (nSPS) is 11.5. The van der Waals surface area contributed by atoms with E-state index in [4.69, 9.17) is 5.11 Å². The lowest BCUT2D eigenvalue weighted by Crippen LogP contribution is -2.35. The minimum Gasteiger partial charge on any atom is -0.478 e. The van der Waals surface area contributed by atoms with Gasteiger partial charge in [-0.15, -0.1) is 0 Å². The van der Waals surface area contributed by atoms with Crippen molar-refractivity contribution in [1.29, 1.82) is 0 Å². The highest BCUT2D eigenvalue weighted by molar-refractivity contribution is 7.92. The third-order valence-electron chi connectivity index (χ3n) is 4.11. The molecule has 1 heterocycles. The summed E-state index contributed by atoms with van der Waals surface area (Å²) in [6.45, 7) is 0.0836. The van der Waals surface area contributed by atoms with Crippen LogP contribution in [0.2, 0.25) is 0 Å². The average Bonchev–Trinajstić information content (AvgIpc) is 2.61. The van der Waals surface area contributed by atoms with Crippen LogP contribution >= 0.6 is 0 Å². The van der Waals surface area contributed by atoms with Crippen LogP contribution < -0.4 is 16.0 Å². The fourth-order valence-electron chi connectivity index (χ4n) is 2.78. The van der Waals surface area contributed by atoms with Crippen molar-refractivity contribution in [3.8, 4) is 0 Å². The van der Waals surface area contributed by atoms with Crippen LogP contribution in [0.4, 0.5) is 5.69 Å². The van der Waals surface area contributed by atoms with Crippen LogP contribution in [0.3, 0.4) is 0 Å². The van der Waals surface area contributed by atoms with Crippen molar-refractivity contribution in [2.24, 2.45) is 0 Å². The number of nitrogens with one attached hydrogen (secondary N) is 2. The predicted octanol–water partition coefficient (Wildman–Crippen LogP) is 1.00. The molecule has 0 atom stereocenters. The zero-order valence-electron chi connectivity index (χ0n) is 14.8. The van der Waals surface area contributed by atoms with E-state index < -0.39 is 27.2 Å². The van der Waals surface area contributed by atoms with Gasteiger partial charge in [0.2, 0.25) is 10.0 Å². The number of nitrogens with zero attached hydrogens (tertiary/aromatic N) is 1. The maximum atomic E-state index is 12.6. The number of carboxylic acid groups (broad SMARTS) is 1. The van der Waals surface area contributed by atoms with Gasteiger partial charge in [0.15, 0.2) is 0 Å². The van der Waals surface area contributed by atoms with Crippen molar-refractivity contribution in [1.82, 2.24) is 9.55 Å². The number of H-pyrrole nitrogens is 1. The number of benzene rings is 2. The van der Waals surface area contributed by atoms with Gasteiger partial charge in [-0.1, -0.05) is 12.1 Å². The number of hydrogen-bond acceptors (Lipinski definition) is 5. The molecule has 0 bridgehead atoms. The number of carboxylic acids is 1. The molecule has 0 spiro atoms. The molecule has 3 N–H and O–H groups in total. The molecule has 3 rings (SSSR count). The summed E-state index contributed by atoms with van der Waals surface area (Å²) in [4.78, 5) is 38.5. The van der Waals surface area contributed by atoms with Gasteiger partial charge < -0.3 is 10.1 Å². The molecule has 0 radical (unpaired) electrons. The summed E-state index contributed by atoms with van der Waals surface area (Å²) in [6, 6.07) is 10.5. The first kappa shape index (κ1) is 19.4. The highest BCUT2D eigenvalue weighted by Gasteiger charge is 2.11. The highest BCUT2D eigenvalue weighted by Crippen LogP contribution is 2.12. The molecular formula is C18H17N3O6S. The van der Waals surface area contributed by atoms with Gasteiger partial charge in [-0.25, -0.2) is 18.0 Å². The van der Waals surface area contributed by atoms with E-state index in [0.717, 1.165) is 16.4 Å². The van der Waals surface area contributed by atoms with Gasteiger partial charge in [0.05, 0.1) is 22.7 Å². The molecule has 0 aliphatic heterocycles. The number of carbonyl (C=O) groups is 1. The highest BCUT2D eigenvalue weighted by atomic mass is 32.2. The largest absolute Gasteiger partial charge is 0.478 e. The van der Waals surface area contributed by atoms with Gasteiger partial charge in [-0.05, 0) is 42.3 Å². The van der Waals surface area contributed by atoms with Crippen LogP contribution in [-0.2, 0) is 23.0 Å². The van der Waals surface area contributed by atoms with Gasteiger partial charge in [0, 0.05) is 12.2 Å². The number of sulfonamides is 1. The van der Waals surface area contributed by atoms with Gasteiger partial charge in [0.25, 0.3) is 5.56 Å². The molecule has 3 aromatic rings. The zero-order chi connectivity index (χ0) is 20.5. The van der Waals surface area contributed by atoms with E-state index in [1.807, 2.05) is 0 Å². The summed E-state index contributed by atoms with van der Waals surface area (Å²) in [5.74, 6) is -1.16. The Morgan fingerprint density at radius 1 is 1.14 bits per heavy atom. The minimum absolute atomic E-state index is 0.0443. The topological polar surface area (TPSA) is 138 Å². The monoisotopic (exact) mass is 403 g/mol. The molecule has 10 heteroatoms. The summed E-state index contributed by atoms with van der Waals surface area (Å²) in [5.41, 5.74) is 0.274. The number of hydrogen-bond donors (Lipinski definition) is 3. The fourth-order valence-corrected chi connectivity index (χ4v) is 3.35. The molecule has 0 fully saturated rings. The standard InChI is InChI=1S/C18H17N3O6S/c1-28(26,27)20-13-5-2-11(3-6-13)8-9-21-16(22)14-10-12(17(23)24)4-7-15(14)19-18(21)25/h2-7,10,20H,8-9H2,1H3,(H,19,25)(H,23,24). The summed E-state index contributed by atoms with van der Waals surface area (Å²) in [6.07, 6.45) is 1.40. The number of aromatic amines is 1. The van der Waals surface area contributed by atoms with Crippen molar-refractivity contribution >= 4 is 32.6 Å². The summed E-state index contributed by atoms with van der Waals surface area (Å²) in [7, 11) is -3.37. The van der Waals surface area contributed by atoms with Crippen molar-refractivity contribution < 1.29 is 18.3 Å². The smallest absolute Gasteiger partial charge is 0.335 e. The first-order chi connectivity index (χ1) is 13.1. The van der Waals surface area contributed by atoms with E-state index >= 15 is 0 Å². The number of anilines is 1. The first-order valence-electron chi connectivity index (χ1n) is 8.21. The maximum absolute atomic E-state index is 12.6. The number of rotatable bonds is 6. The van der Waals surface area contributed by atoms with Crippen LogP contribution in [0.1, 0.15) is 15.9 Å². The SMILES string of the molecule is CS(=O)(=O)Nc1ccc(CCn2c(=O)[nH]c3ccc(C(=O)O)cc3c2=O)cc1. The lowest BCUT2D eigenvalue weighted by atomic mass is 10.1. The molecule has 0 saturated heterocycles. The molecule has 2 aromatic carbocycles. The van der Waals surface area contributed by atoms with E-state index in [-0.39, 0.29) is 23.0 Å². The average molecular weight is 403 g/mol. The fraction of sp³-hybridized carbons (Fsp3) is 0.167. The summed E-state index contributed by atoms with van der Waals surface area (Å²) >= 11 is 0. The van der Waals surface area contributed by atoms with E-state index in [2.05, 4.69) is 9.71 Å².